The van der Waals surface area contributed by atoms with Crippen LogP contribution in [0.5, 0.6) is 0 Å². The predicted octanol–water partition coefficient (Wildman–Crippen LogP) is 2.95. The SMILES string of the molecule is Cc1ccnc(C2CC2)c1-n1c(=O)nc(N2CCNC[C@@H]2C)c2cc(F)c(Cl)nc21. The fourth-order valence-electron chi connectivity index (χ4n) is 4.18. The molecule has 2 aliphatic rings. The molecule has 4 heterocycles. The van der Waals surface area contributed by atoms with Crippen molar-refractivity contribution in [3.63, 3.8) is 0 Å². The van der Waals surface area contributed by atoms with Crippen molar-refractivity contribution in [2.75, 3.05) is 24.5 Å². The van der Waals surface area contributed by atoms with E-state index in [2.05, 4.69) is 20.3 Å². The summed E-state index contributed by atoms with van der Waals surface area (Å²) >= 11 is 6.06. The van der Waals surface area contributed by atoms with Crippen molar-refractivity contribution in [1.82, 2.24) is 24.8 Å². The summed E-state index contributed by atoms with van der Waals surface area (Å²) in [5.74, 6) is 0.119. The van der Waals surface area contributed by atoms with Crippen LogP contribution in [-0.4, -0.2) is 45.2 Å². The average molecular weight is 429 g/mol. The van der Waals surface area contributed by atoms with Crippen molar-refractivity contribution in [2.24, 2.45) is 0 Å². The number of hydrogen-bond donors (Lipinski definition) is 1. The Kier molecular flexibility index (Phi) is 4.71. The first-order valence-electron chi connectivity index (χ1n) is 10.2. The molecule has 1 aliphatic carbocycles. The number of hydrogen-bond acceptors (Lipinski definition) is 6. The molecule has 1 aliphatic heterocycles. The van der Waals surface area contributed by atoms with Gasteiger partial charge < -0.3 is 10.2 Å². The summed E-state index contributed by atoms with van der Waals surface area (Å²) in [7, 11) is 0. The van der Waals surface area contributed by atoms with Gasteiger partial charge in [0.05, 0.1) is 16.8 Å². The monoisotopic (exact) mass is 428 g/mol. The number of aromatic nitrogens is 4. The van der Waals surface area contributed by atoms with Gasteiger partial charge in [0.1, 0.15) is 5.82 Å². The van der Waals surface area contributed by atoms with Crippen LogP contribution in [0, 0.1) is 12.7 Å². The summed E-state index contributed by atoms with van der Waals surface area (Å²) in [5.41, 5.74) is 2.27. The first-order chi connectivity index (χ1) is 14.5. The summed E-state index contributed by atoms with van der Waals surface area (Å²) in [6.45, 7) is 6.15. The Labute approximate surface area is 177 Å². The Balaban J connectivity index is 1.84. The third-order valence-electron chi connectivity index (χ3n) is 5.87. The number of fused-ring (bicyclic) bond motifs is 1. The van der Waals surface area contributed by atoms with E-state index in [1.54, 1.807) is 6.20 Å². The van der Waals surface area contributed by atoms with Crippen molar-refractivity contribution in [3.8, 4) is 5.69 Å². The molecule has 5 rings (SSSR count). The van der Waals surface area contributed by atoms with E-state index in [4.69, 9.17) is 11.6 Å². The molecule has 0 unspecified atom stereocenters. The number of pyridine rings is 2. The van der Waals surface area contributed by atoms with Gasteiger partial charge in [-0.25, -0.2) is 18.7 Å². The van der Waals surface area contributed by atoms with Crippen molar-refractivity contribution in [1.29, 1.82) is 0 Å². The van der Waals surface area contributed by atoms with Crippen LogP contribution < -0.4 is 15.9 Å². The van der Waals surface area contributed by atoms with E-state index >= 15 is 0 Å². The number of aryl methyl sites for hydroxylation is 1. The Morgan fingerprint density at radius 2 is 2.10 bits per heavy atom. The van der Waals surface area contributed by atoms with E-state index in [0.717, 1.165) is 37.2 Å². The zero-order valence-electron chi connectivity index (χ0n) is 16.8. The van der Waals surface area contributed by atoms with Crippen LogP contribution in [-0.2, 0) is 0 Å². The molecular formula is C21H22ClFN6O. The van der Waals surface area contributed by atoms with Crippen LogP contribution in [0.2, 0.25) is 5.15 Å². The molecule has 1 N–H and O–H groups in total. The topological polar surface area (TPSA) is 75.9 Å². The van der Waals surface area contributed by atoms with Crippen molar-refractivity contribution in [2.45, 2.75) is 38.6 Å². The van der Waals surface area contributed by atoms with Crippen molar-refractivity contribution < 1.29 is 4.39 Å². The third-order valence-corrected chi connectivity index (χ3v) is 6.14. The fourth-order valence-corrected chi connectivity index (χ4v) is 4.31. The fraction of sp³-hybridized carbons (Fsp3) is 0.429. The number of nitrogens with one attached hydrogen (secondary N) is 1. The van der Waals surface area contributed by atoms with Crippen LogP contribution in [0.25, 0.3) is 16.7 Å². The Hall–Kier alpha value is -2.58. The number of halogens is 2. The second-order valence-corrected chi connectivity index (χ2v) is 8.43. The molecule has 156 valence electrons. The second kappa shape index (κ2) is 7.28. The molecular weight excluding hydrogens is 407 g/mol. The first kappa shape index (κ1) is 19.4. The van der Waals surface area contributed by atoms with Crippen LogP contribution in [0.4, 0.5) is 10.2 Å². The van der Waals surface area contributed by atoms with E-state index in [9.17, 15) is 9.18 Å². The van der Waals surface area contributed by atoms with Crippen LogP contribution >= 0.6 is 11.6 Å². The molecule has 0 amide bonds. The lowest BCUT2D eigenvalue weighted by Gasteiger charge is -2.35. The average Bonchev–Trinajstić information content (AvgIpc) is 3.55. The molecule has 9 heteroatoms. The lowest BCUT2D eigenvalue weighted by atomic mass is 10.1. The van der Waals surface area contributed by atoms with E-state index in [1.807, 2.05) is 24.8 Å². The van der Waals surface area contributed by atoms with Gasteiger partial charge in [0.25, 0.3) is 0 Å². The Morgan fingerprint density at radius 1 is 1.30 bits per heavy atom. The molecule has 2 fully saturated rings. The van der Waals surface area contributed by atoms with Gasteiger partial charge >= 0.3 is 5.69 Å². The van der Waals surface area contributed by atoms with E-state index in [0.29, 0.717) is 35.0 Å². The highest BCUT2D eigenvalue weighted by Crippen LogP contribution is 2.42. The largest absolute Gasteiger partial charge is 0.355 e. The van der Waals surface area contributed by atoms with Gasteiger partial charge in [0, 0.05) is 37.8 Å². The predicted molar refractivity (Wildman–Crippen MR) is 114 cm³/mol. The number of nitrogens with zero attached hydrogens (tertiary/aromatic N) is 5. The van der Waals surface area contributed by atoms with Crippen molar-refractivity contribution >= 4 is 28.5 Å². The number of rotatable bonds is 3. The maximum atomic E-state index is 14.5. The van der Waals surface area contributed by atoms with Crippen LogP contribution in [0.3, 0.4) is 0 Å². The van der Waals surface area contributed by atoms with E-state index in [-0.39, 0.29) is 11.2 Å². The van der Waals surface area contributed by atoms with Gasteiger partial charge in [0.2, 0.25) is 0 Å². The molecule has 7 nitrogen and oxygen atoms in total. The summed E-state index contributed by atoms with van der Waals surface area (Å²) < 4.78 is 15.9. The standard InChI is InChI=1S/C21H22ClFN6O/c1-11-5-6-25-16(13-3-4-13)17(11)29-20-14(9-15(23)18(22)26-20)19(27-21(29)30)28-8-7-24-10-12(28)2/h5-6,9,12-13,24H,3-4,7-8,10H2,1-2H3/t12-/m0/s1. The summed E-state index contributed by atoms with van der Waals surface area (Å²) in [6, 6.07) is 3.29. The zero-order chi connectivity index (χ0) is 21.0. The molecule has 0 bridgehead atoms. The van der Waals surface area contributed by atoms with Gasteiger partial charge in [0.15, 0.2) is 16.6 Å². The summed E-state index contributed by atoms with van der Waals surface area (Å²) in [4.78, 5) is 28.6. The molecule has 30 heavy (non-hydrogen) atoms. The highest BCUT2D eigenvalue weighted by Gasteiger charge is 2.31. The molecule has 0 radical (unpaired) electrons. The number of piperazine rings is 1. The number of anilines is 1. The minimum absolute atomic E-state index is 0.102. The van der Waals surface area contributed by atoms with Gasteiger partial charge in [-0.1, -0.05) is 11.6 Å². The van der Waals surface area contributed by atoms with E-state index in [1.165, 1.54) is 10.6 Å². The normalized spacial score (nSPS) is 19.5. The maximum Gasteiger partial charge on any atom is 0.355 e. The molecule has 1 atom stereocenters. The van der Waals surface area contributed by atoms with Crippen molar-refractivity contribution in [3.05, 3.63) is 51.0 Å². The molecule has 1 saturated heterocycles. The highest BCUT2D eigenvalue weighted by molar-refractivity contribution is 6.30. The maximum absolute atomic E-state index is 14.5. The quantitative estimate of drug-likeness (QED) is 0.646. The zero-order valence-corrected chi connectivity index (χ0v) is 17.6. The minimum Gasteiger partial charge on any atom is -0.351 e. The lowest BCUT2D eigenvalue weighted by Crippen LogP contribution is -2.50. The van der Waals surface area contributed by atoms with Gasteiger partial charge in [-0.3, -0.25) is 4.98 Å². The highest BCUT2D eigenvalue weighted by atomic mass is 35.5. The minimum atomic E-state index is -0.634. The van der Waals surface area contributed by atoms with Crippen LogP contribution in [0.15, 0.2) is 23.1 Å². The van der Waals surface area contributed by atoms with Gasteiger partial charge in [-0.2, -0.15) is 4.98 Å². The van der Waals surface area contributed by atoms with Gasteiger partial charge in [-0.15, -0.1) is 0 Å². The van der Waals surface area contributed by atoms with E-state index < -0.39 is 11.5 Å². The Morgan fingerprint density at radius 3 is 2.83 bits per heavy atom. The van der Waals surface area contributed by atoms with Gasteiger partial charge in [-0.05, 0) is 44.4 Å². The smallest absolute Gasteiger partial charge is 0.351 e. The second-order valence-electron chi connectivity index (χ2n) is 8.07. The molecule has 0 aromatic carbocycles. The summed E-state index contributed by atoms with van der Waals surface area (Å²) in [6.07, 6.45) is 3.81. The third kappa shape index (κ3) is 3.15. The first-order valence-corrected chi connectivity index (χ1v) is 10.6. The molecule has 0 spiro atoms. The van der Waals surface area contributed by atoms with Crippen LogP contribution in [0.1, 0.15) is 36.9 Å². The summed E-state index contributed by atoms with van der Waals surface area (Å²) in [5, 5.41) is 3.52. The Bertz CT molecular complexity index is 1210. The molecule has 3 aromatic heterocycles. The molecule has 1 saturated carbocycles. The lowest BCUT2D eigenvalue weighted by molar-refractivity contribution is 0.497. The molecule has 3 aromatic rings.